The minimum absolute atomic E-state index is 0.230. The summed E-state index contributed by atoms with van der Waals surface area (Å²) in [6, 6.07) is 8.58. The molecule has 3 rings (SSSR count). The highest BCUT2D eigenvalue weighted by molar-refractivity contribution is 7.89. The first-order chi connectivity index (χ1) is 12.3. The van der Waals surface area contributed by atoms with E-state index in [0.717, 1.165) is 11.1 Å². The fourth-order valence-electron chi connectivity index (χ4n) is 3.34. The molecule has 6 nitrogen and oxygen atoms in total. The van der Waals surface area contributed by atoms with E-state index in [1.165, 1.54) is 11.4 Å². The standard InChI is InChI=1S/C19H21NO5S/c1-12-7-17(24-3)8-13(2)18(12)26(22,23)20-10-15-6-5-14(19(21)25-4)9-16(15)11-20/h5-9H,10-11H2,1-4H3. The van der Waals surface area contributed by atoms with Crippen molar-refractivity contribution >= 4 is 16.0 Å². The molecular formula is C19H21NO5S. The molecule has 0 saturated heterocycles. The van der Waals surface area contributed by atoms with Gasteiger partial charge in [-0.2, -0.15) is 4.31 Å². The lowest BCUT2D eigenvalue weighted by Crippen LogP contribution is -2.27. The second kappa shape index (κ2) is 6.74. The summed E-state index contributed by atoms with van der Waals surface area (Å²) in [6.45, 7) is 4.04. The van der Waals surface area contributed by atoms with E-state index in [0.29, 0.717) is 27.3 Å². The van der Waals surface area contributed by atoms with Gasteiger partial charge in [0.2, 0.25) is 10.0 Å². The Labute approximate surface area is 153 Å². The third-order valence-electron chi connectivity index (χ3n) is 4.59. The molecule has 7 heteroatoms. The first kappa shape index (κ1) is 18.4. The van der Waals surface area contributed by atoms with Crippen molar-refractivity contribution in [2.24, 2.45) is 0 Å². The van der Waals surface area contributed by atoms with Crippen LogP contribution in [0.5, 0.6) is 5.75 Å². The van der Waals surface area contributed by atoms with Crippen LogP contribution >= 0.6 is 0 Å². The smallest absolute Gasteiger partial charge is 0.337 e. The molecule has 0 unspecified atom stereocenters. The Morgan fingerprint density at radius 2 is 1.62 bits per heavy atom. The first-order valence-electron chi connectivity index (χ1n) is 8.13. The van der Waals surface area contributed by atoms with E-state index >= 15 is 0 Å². The summed E-state index contributed by atoms with van der Waals surface area (Å²) < 4.78 is 37.8. The van der Waals surface area contributed by atoms with E-state index in [4.69, 9.17) is 9.47 Å². The van der Waals surface area contributed by atoms with E-state index in [2.05, 4.69) is 0 Å². The molecule has 26 heavy (non-hydrogen) atoms. The minimum atomic E-state index is -3.67. The molecule has 1 heterocycles. The number of carbonyl (C=O) groups is 1. The predicted molar refractivity (Wildman–Crippen MR) is 96.7 cm³/mol. The van der Waals surface area contributed by atoms with Crippen LogP contribution in [0.4, 0.5) is 0 Å². The molecule has 0 spiro atoms. The van der Waals surface area contributed by atoms with Gasteiger partial charge < -0.3 is 9.47 Å². The number of hydrogen-bond donors (Lipinski definition) is 0. The van der Waals surface area contributed by atoms with Crippen molar-refractivity contribution in [3.8, 4) is 5.75 Å². The van der Waals surface area contributed by atoms with Gasteiger partial charge >= 0.3 is 5.97 Å². The molecule has 138 valence electrons. The van der Waals surface area contributed by atoms with Crippen molar-refractivity contribution in [3.05, 3.63) is 58.1 Å². The molecule has 0 radical (unpaired) electrons. The highest BCUT2D eigenvalue weighted by Gasteiger charge is 2.33. The Bertz CT molecular complexity index is 958. The highest BCUT2D eigenvalue weighted by atomic mass is 32.2. The predicted octanol–water partition coefficient (Wildman–Crippen LogP) is 2.80. The summed E-state index contributed by atoms with van der Waals surface area (Å²) in [5.41, 5.74) is 3.42. The lowest BCUT2D eigenvalue weighted by Gasteiger charge is -2.19. The van der Waals surface area contributed by atoms with E-state index in [-0.39, 0.29) is 13.1 Å². The normalized spacial score (nSPS) is 14.2. The maximum Gasteiger partial charge on any atom is 0.337 e. The van der Waals surface area contributed by atoms with Crippen molar-refractivity contribution in [1.29, 1.82) is 0 Å². The Morgan fingerprint density at radius 3 is 2.19 bits per heavy atom. The molecule has 2 aromatic carbocycles. The van der Waals surface area contributed by atoms with Crippen molar-refractivity contribution in [2.45, 2.75) is 31.8 Å². The van der Waals surface area contributed by atoms with Crippen LogP contribution in [-0.2, 0) is 27.8 Å². The van der Waals surface area contributed by atoms with Crippen molar-refractivity contribution in [2.75, 3.05) is 14.2 Å². The largest absolute Gasteiger partial charge is 0.497 e. The number of benzene rings is 2. The Hall–Kier alpha value is -2.38. The van der Waals surface area contributed by atoms with Crippen molar-refractivity contribution < 1.29 is 22.7 Å². The van der Waals surface area contributed by atoms with Crippen LogP contribution in [0.1, 0.15) is 32.6 Å². The number of ether oxygens (including phenoxy) is 2. The Kier molecular flexibility index (Phi) is 4.77. The summed E-state index contributed by atoms with van der Waals surface area (Å²) in [4.78, 5) is 12.0. The quantitative estimate of drug-likeness (QED) is 0.769. The van der Waals surface area contributed by atoms with Gasteiger partial charge in [-0.1, -0.05) is 6.07 Å². The lowest BCUT2D eigenvalue weighted by molar-refractivity contribution is 0.0600. The summed E-state index contributed by atoms with van der Waals surface area (Å²) in [6.07, 6.45) is 0. The van der Waals surface area contributed by atoms with E-state index in [9.17, 15) is 13.2 Å². The lowest BCUT2D eigenvalue weighted by atomic mass is 10.1. The molecule has 0 bridgehead atoms. The van der Waals surface area contributed by atoms with Crippen LogP contribution in [0.2, 0.25) is 0 Å². The number of methoxy groups -OCH3 is 2. The SMILES string of the molecule is COC(=O)c1ccc2c(c1)CN(S(=O)(=O)c1c(C)cc(OC)cc1C)C2. The minimum Gasteiger partial charge on any atom is -0.497 e. The molecule has 0 atom stereocenters. The molecule has 0 saturated carbocycles. The van der Waals surface area contributed by atoms with Gasteiger partial charge in [-0.05, 0) is 60.4 Å². The first-order valence-corrected chi connectivity index (χ1v) is 9.57. The summed E-state index contributed by atoms with van der Waals surface area (Å²) in [7, 11) is -0.795. The third kappa shape index (κ3) is 3.08. The van der Waals surface area contributed by atoms with Crippen LogP contribution in [0.25, 0.3) is 0 Å². The number of sulfonamides is 1. The second-order valence-electron chi connectivity index (χ2n) is 6.34. The summed E-state index contributed by atoms with van der Waals surface area (Å²) >= 11 is 0. The molecule has 0 fully saturated rings. The van der Waals surface area contributed by atoms with Crippen molar-refractivity contribution in [3.63, 3.8) is 0 Å². The fraction of sp³-hybridized carbons (Fsp3) is 0.316. The number of fused-ring (bicyclic) bond motifs is 1. The maximum atomic E-state index is 13.2. The van der Waals surface area contributed by atoms with Gasteiger partial charge in [-0.15, -0.1) is 0 Å². The maximum absolute atomic E-state index is 13.2. The van der Waals surface area contributed by atoms with Crippen LogP contribution in [0.3, 0.4) is 0 Å². The van der Waals surface area contributed by atoms with Gasteiger partial charge in [-0.25, -0.2) is 13.2 Å². The number of esters is 1. The molecule has 0 N–H and O–H groups in total. The monoisotopic (exact) mass is 375 g/mol. The van der Waals surface area contributed by atoms with E-state index in [1.807, 2.05) is 0 Å². The zero-order valence-electron chi connectivity index (χ0n) is 15.2. The van der Waals surface area contributed by atoms with Crippen LogP contribution in [0, 0.1) is 13.8 Å². The molecular weight excluding hydrogens is 354 g/mol. The Morgan fingerprint density at radius 1 is 1.00 bits per heavy atom. The molecule has 0 aromatic heterocycles. The Balaban J connectivity index is 1.96. The van der Waals surface area contributed by atoms with Crippen LogP contribution in [0.15, 0.2) is 35.2 Å². The van der Waals surface area contributed by atoms with E-state index in [1.54, 1.807) is 51.3 Å². The van der Waals surface area contributed by atoms with E-state index < -0.39 is 16.0 Å². The number of nitrogens with zero attached hydrogens (tertiary/aromatic N) is 1. The average Bonchev–Trinajstić information content (AvgIpc) is 3.04. The van der Waals surface area contributed by atoms with Gasteiger partial charge in [0.15, 0.2) is 0 Å². The molecule has 0 amide bonds. The molecule has 2 aromatic rings. The molecule has 1 aliphatic heterocycles. The molecule has 1 aliphatic rings. The van der Waals surface area contributed by atoms with Gasteiger partial charge in [0.1, 0.15) is 5.75 Å². The van der Waals surface area contributed by atoms with Gasteiger partial charge in [0, 0.05) is 13.1 Å². The van der Waals surface area contributed by atoms with Gasteiger partial charge in [0.25, 0.3) is 0 Å². The average molecular weight is 375 g/mol. The number of hydrogen-bond acceptors (Lipinski definition) is 5. The summed E-state index contributed by atoms with van der Waals surface area (Å²) in [5, 5.41) is 0. The second-order valence-corrected chi connectivity index (χ2v) is 8.21. The zero-order chi connectivity index (χ0) is 19.1. The fourth-order valence-corrected chi connectivity index (χ4v) is 5.15. The summed E-state index contributed by atoms with van der Waals surface area (Å²) in [5.74, 6) is 0.197. The highest BCUT2D eigenvalue weighted by Crippen LogP contribution is 2.33. The topological polar surface area (TPSA) is 72.9 Å². The zero-order valence-corrected chi connectivity index (χ0v) is 16.0. The number of rotatable bonds is 4. The van der Waals surface area contributed by atoms with Crippen LogP contribution < -0.4 is 4.74 Å². The number of carbonyl (C=O) groups excluding carboxylic acids is 1. The number of aryl methyl sites for hydroxylation is 2. The van der Waals surface area contributed by atoms with Crippen molar-refractivity contribution in [1.82, 2.24) is 4.31 Å². The molecule has 0 aliphatic carbocycles. The van der Waals surface area contributed by atoms with Gasteiger partial charge in [0.05, 0.1) is 24.7 Å². The third-order valence-corrected chi connectivity index (χ3v) is 6.69. The van der Waals surface area contributed by atoms with Crippen LogP contribution in [-0.4, -0.2) is 32.9 Å². The van der Waals surface area contributed by atoms with Gasteiger partial charge in [-0.3, -0.25) is 0 Å².